The van der Waals surface area contributed by atoms with Crippen LogP contribution in [-0.4, -0.2) is 128 Å². The van der Waals surface area contributed by atoms with Crippen LogP contribution >= 0.6 is 0 Å². The molecule has 2 aliphatic rings. The van der Waals surface area contributed by atoms with Crippen LogP contribution in [0.15, 0.2) is 33.5 Å². The van der Waals surface area contributed by atoms with Crippen LogP contribution in [0, 0.1) is 0 Å². The topological polar surface area (TPSA) is 268 Å². The SMILES string of the molecule is COc1cc(-c2oc3c(OC)c(O)cc(O)c3c(=O)c2O[C@H]2O[C@H](CO[C@H]3O[C@@H](C)[C@H](O)[C@@H](O)[C@H]3O)[C@@H](O)[C@H](O)[C@H]2O)ccc1O. The molecule has 5 rings (SSSR count). The van der Waals surface area contributed by atoms with E-state index in [9.17, 15) is 50.8 Å². The molecule has 2 aliphatic heterocycles. The summed E-state index contributed by atoms with van der Waals surface area (Å²) in [5.41, 5.74) is -1.36. The molecule has 0 radical (unpaired) electrons. The van der Waals surface area contributed by atoms with Crippen molar-refractivity contribution in [2.24, 2.45) is 0 Å². The lowest BCUT2D eigenvalue weighted by Crippen LogP contribution is -2.61. The largest absolute Gasteiger partial charge is 0.507 e. The number of hydrogen-bond donors (Lipinski definition) is 9. The minimum Gasteiger partial charge on any atom is -0.507 e. The third-order valence-corrected chi connectivity index (χ3v) is 7.82. The maximum absolute atomic E-state index is 13.9. The van der Waals surface area contributed by atoms with Gasteiger partial charge in [0.15, 0.2) is 34.9 Å². The zero-order valence-corrected chi connectivity index (χ0v) is 24.6. The van der Waals surface area contributed by atoms with Gasteiger partial charge in [-0.3, -0.25) is 4.79 Å². The predicted molar refractivity (Wildman–Crippen MR) is 152 cm³/mol. The van der Waals surface area contributed by atoms with Crippen molar-refractivity contribution >= 4 is 11.0 Å². The molecule has 0 spiro atoms. The molecular weight excluding hydrogens is 620 g/mol. The molecule has 2 aromatic carbocycles. The maximum atomic E-state index is 13.9. The van der Waals surface area contributed by atoms with E-state index < -0.39 is 96.1 Å². The summed E-state index contributed by atoms with van der Waals surface area (Å²) in [5, 5.41) is 92.8. The first-order valence-corrected chi connectivity index (χ1v) is 13.9. The van der Waals surface area contributed by atoms with Crippen LogP contribution in [0.3, 0.4) is 0 Å². The van der Waals surface area contributed by atoms with Crippen LogP contribution in [0.4, 0.5) is 0 Å². The average Bonchev–Trinajstić information content (AvgIpc) is 3.03. The zero-order chi connectivity index (χ0) is 33.6. The summed E-state index contributed by atoms with van der Waals surface area (Å²) in [4.78, 5) is 13.9. The normalized spacial score (nSPS) is 31.5. The van der Waals surface area contributed by atoms with E-state index in [-0.39, 0.29) is 34.2 Å². The molecule has 3 aromatic rings. The van der Waals surface area contributed by atoms with Gasteiger partial charge in [0.2, 0.25) is 23.2 Å². The Morgan fingerprint density at radius 1 is 0.739 bits per heavy atom. The lowest BCUT2D eigenvalue weighted by molar-refractivity contribution is -0.318. The van der Waals surface area contributed by atoms with Crippen molar-refractivity contribution in [2.75, 3.05) is 20.8 Å². The molecule has 2 saturated heterocycles. The Bertz CT molecular complexity index is 1620. The van der Waals surface area contributed by atoms with E-state index in [1.807, 2.05) is 0 Å². The van der Waals surface area contributed by atoms with Crippen LogP contribution in [0.1, 0.15) is 6.92 Å². The highest BCUT2D eigenvalue weighted by Crippen LogP contribution is 2.44. The number of aromatic hydroxyl groups is 3. The van der Waals surface area contributed by atoms with E-state index in [0.717, 1.165) is 6.07 Å². The monoisotopic (exact) mass is 654 g/mol. The molecule has 1 aromatic heterocycles. The summed E-state index contributed by atoms with van der Waals surface area (Å²) in [5.74, 6) is -2.95. The molecule has 0 bridgehead atoms. The summed E-state index contributed by atoms with van der Waals surface area (Å²) in [6.07, 6.45) is -16.2. The summed E-state index contributed by atoms with van der Waals surface area (Å²) in [6, 6.07) is 4.65. The predicted octanol–water partition coefficient (Wildman–Crippen LogP) is -1.38. The van der Waals surface area contributed by atoms with Crippen molar-refractivity contribution in [3.05, 3.63) is 34.5 Å². The number of fused-ring (bicyclic) bond motifs is 1. The molecule has 46 heavy (non-hydrogen) atoms. The first kappa shape index (κ1) is 33.5. The van der Waals surface area contributed by atoms with Gasteiger partial charge >= 0.3 is 0 Å². The third-order valence-electron chi connectivity index (χ3n) is 7.82. The molecule has 10 atom stereocenters. The van der Waals surface area contributed by atoms with E-state index in [1.54, 1.807) is 0 Å². The Labute approximate surface area is 259 Å². The minimum absolute atomic E-state index is 0.0410. The van der Waals surface area contributed by atoms with Crippen LogP contribution in [0.5, 0.6) is 34.5 Å². The number of methoxy groups -OCH3 is 2. The lowest BCUT2D eigenvalue weighted by atomic mass is 9.98. The first-order chi connectivity index (χ1) is 21.8. The third kappa shape index (κ3) is 5.88. The zero-order valence-electron chi connectivity index (χ0n) is 24.6. The second-order valence-electron chi connectivity index (χ2n) is 10.8. The lowest BCUT2D eigenvalue weighted by Gasteiger charge is -2.42. The van der Waals surface area contributed by atoms with Gasteiger partial charge in [0, 0.05) is 11.6 Å². The van der Waals surface area contributed by atoms with Gasteiger partial charge in [-0.1, -0.05) is 0 Å². The first-order valence-electron chi connectivity index (χ1n) is 13.9. The fourth-order valence-electron chi connectivity index (χ4n) is 5.22. The van der Waals surface area contributed by atoms with Gasteiger partial charge < -0.3 is 78.8 Å². The van der Waals surface area contributed by atoms with Crippen molar-refractivity contribution in [1.82, 2.24) is 0 Å². The van der Waals surface area contributed by atoms with Crippen LogP contribution in [-0.2, 0) is 14.2 Å². The molecule has 0 saturated carbocycles. The van der Waals surface area contributed by atoms with Gasteiger partial charge in [-0.2, -0.15) is 0 Å². The van der Waals surface area contributed by atoms with Crippen molar-refractivity contribution in [3.63, 3.8) is 0 Å². The smallest absolute Gasteiger partial charge is 0.239 e. The Morgan fingerprint density at radius 2 is 1.41 bits per heavy atom. The van der Waals surface area contributed by atoms with Crippen molar-refractivity contribution in [3.8, 4) is 45.8 Å². The number of rotatable bonds is 8. The molecule has 9 N–H and O–H groups in total. The second kappa shape index (κ2) is 13.1. The van der Waals surface area contributed by atoms with Crippen molar-refractivity contribution < 1.29 is 78.8 Å². The second-order valence-corrected chi connectivity index (χ2v) is 10.8. The Balaban J connectivity index is 1.53. The summed E-state index contributed by atoms with van der Waals surface area (Å²) >= 11 is 0. The number of phenolic OH excluding ortho intramolecular Hbond substituents is 3. The molecule has 252 valence electrons. The number of aliphatic hydroxyl groups excluding tert-OH is 6. The summed E-state index contributed by atoms with van der Waals surface area (Å²) in [7, 11) is 2.45. The Hall–Kier alpha value is -3.91. The molecule has 17 heteroatoms. The van der Waals surface area contributed by atoms with Gasteiger partial charge in [0.05, 0.1) is 26.9 Å². The van der Waals surface area contributed by atoms with Crippen LogP contribution in [0.25, 0.3) is 22.3 Å². The van der Waals surface area contributed by atoms with Crippen molar-refractivity contribution in [1.29, 1.82) is 0 Å². The number of phenols is 3. The maximum Gasteiger partial charge on any atom is 0.239 e. The highest BCUT2D eigenvalue weighted by atomic mass is 16.7. The highest BCUT2D eigenvalue weighted by molar-refractivity contribution is 5.93. The van der Waals surface area contributed by atoms with Gasteiger partial charge in [0.1, 0.15) is 53.9 Å². The van der Waals surface area contributed by atoms with Crippen LogP contribution in [0.2, 0.25) is 0 Å². The molecule has 0 aliphatic carbocycles. The highest BCUT2D eigenvalue weighted by Gasteiger charge is 2.48. The fraction of sp³-hybridized carbons (Fsp3) is 0.483. The summed E-state index contributed by atoms with van der Waals surface area (Å²) in [6.45, 7) is 0.824. The molecule has 0 unspecified atom stereocenters. The summed E-state index contributed by atoms with van der Waals surface area (Å²) < 4.78 is 38.6. The fourth-order valence-corrected chi connectivity index (χ4v) is 5.22. The number of aliphatic hydroxyl groups is 6. The number of benzene rings is 2. The van der Waals surface area contributed by atoms with Crippen molar-refractivity contribution in [2.45, 2.75) is 68.3 Å². The molecule has 17 nitrogen and oxygen atoms in total. The molecule has 0 amide bonds. The van der Waals surface area contributed by atoms with E-state index in [4.69, 9.17) is 32.8 Å². The minimum atomic E-state index is -1.97. The Kier molecular flexibility index (Phi) is 9.50. The van der Waals surface area contributed by atoms with Crippen LogP contribution < -0.4 is 19.6 Å². The van der Waals surface area contributed by atoms with Gasteiger partial charge in [-0.15, -0.1) is 0 Å². The quantitative estimate of drug-likeness (QED) is 0.135. The number of ether oxygens (including phenoxy) is 6. The standard InChI is InChI=1S/C29H34O17/c1-9-17(33)20(36)22(38)28(43-9)42-8-15-18(34)21(37)23(39)29(44-15)46-27-19(35)16-12(31)7-13(32)25(41-3)26(16)45-24(27)10-4-5-11(30)14(6-10)40-2/h4-7,9,15,17-18,20-23,28-34,36-39H,8H2,1-3H3/t9-,15+,17-,18+,20+,21-,22+,23+,28-,29+/m0/s1. The van der Waals surface area contributed by atoms with E-state index in [0.29, 0.717) is 0 Å². The van der Waals surface area contributed by atoms with Gasteiger partial charge in [-0.05, 0) is 25.1 Å². The molecular formula is C29H34O17. The van der Waals surface area contributed by atoms with Gasteiger partial charge in [0.25, 0.3) is 0 Å². The van der Waals surface area contributed by atoms with E-state index in [2.05, 4.69) is 0 Å². The molecule has 3 heterocycles. The van der Waals surface area contributed by atoms with E-state index >= 15 is 0 Å². The number of hydrogen-bond acceptors (Lipinski definition) is 17. The average molecular weight is 655 g/mol. The Morgan fingerprint density at radius 3 is 2.09 bits per heavy atom. The van der Waals surface area contributed by atoms with Gasteiger partial charge in [-0.25, -0.2) is 0 Å². The molecule has 2 fully saturated rings. The van der Waals surface area contributed by atoms with E-state index in [1.165, 1.54) is 39.3 Å².